The molecule has 0 aliphatic heterocycles. The van der Waals surface area contributed by atoms with Crippen molar-refractivity contribution in [2.75, 3.05) is 7.05 Å². The minimum absolute atomic E-state index is 0.103. The zero-order valence-electron chi connectivity index (χ0n) is 11.4. The van der Waals surface area contributed by atoms with Crippen molar-refractivity contribution in [3.8, 4) is 0 Å². The van der Waals surface area contributed by atoms with Crippen molar-refractivity contribution in [2.45, 2.75) is 37.8 Å². The molecule has 1 N–H and O–H groups in total. The molecule has 2 rings (SSSR count). The Morgan fingerprint density at radius 2 is 2.10 bits per heavy atom. The number of benzene rings is 1. The lowest BCUT2D eigenvalue weighted by molar-refractivity contribution is -0.384. The van der Waals surface area contributed by atoms with E-state index in [9.17, 15) is 20.0 Å². The van der Waals surface area contributed by atoms with Gasteiger partial charge in [0.1, 0.15) is 0 Å². The molecule has 1 amide bonds. The summed E-state index contributed by atoms with van der Waals surface area (Å²) < 4.78 is 0. The molecule has 2 unspecified atom stereocenters. The highest BCUT2D eigenvalue weighted by Crippen LogP contribution is 2.24. The Morgan fingerprint density at radius 1 is 1.40 bits per heavy atom. The Morgan fingerprint density at radius 3 is 2.75 bits per heavy atom. The maximum Gasteiger partial charge on any atom is 0.270 e. The zero-order valence-corrected chi connectivity index (χ0v) is 11.4. The first-order chi connectivity index (χ1) is 9.50. The molecule has 1 aliphatic rings. The Kier molecular flexibility index (Phi) is 4.34. The maximum absolute atomic E-state index is 12.4. The summed E-state index contributed by atoms with van der Waals surface area (Å²) in [5, 5.41) is 20.7. The number of aliphatic hydroxyl groups is 1. The lowest BCUT2D eigenvalue weighted by Gasteiger charge is -2.35. The van der Waals surface area contributed by atoms with E-state index in [1.807, 2.05) is 0 Å². The van der Waals surface area contributed by atoms with Gasteiger partial charge in [-0.1, -0.05) is 18.9 Å². The minimum atomic E-state index is -0.522. The van der Waals surface area contributed by atoms with E-state index in [1.165, 1.54) is 23.1 Å². The van der Waals surface area contributed by atoms with Crippen LogP contribution in [-0.4, -0.2) is 40.0 Å². The molecule has 0 bridgehead atoms. The number of nitrogens with zero attached hydrogens (tertiary/aromatic N) is 2. The molecule has 108 valence electrons. The van der Waals surface area contributed by atoms with Gasteiger partial charge in [-0.15, -0.1) is 0 Å². The number of nitro groups is 1. The van der Waals surface area contributed by atoms with Crippen LogP contribution in [0.5, 0.6) is 0 Å². The summed E-state index contributed by atoms with van der Waals surface area (Å²) in [6.45, 7) is 0. The third-order valence-electron chi connectivity index (χ3n) is 3.82. The van der Waals surface area contributed by atoms with Gasteiger partial charge in [-0.2, -0.15) is 0 Å². The van der Waals surface area contributed by atoms with Crippen molar-refractivity contribution in [1.82, 2.24) is 4.90 Å². The van der Waals surface area contributed by atoms with Gasteiger partial charge < -0.3 is 10.0 Å². The average molecular weight is 278 g/mol. The van der Waals surface area contributed by atoms with Crippen LogP contribution in [0.15, 0.2) is 24.3 Å². The Labute approximate surface area is 117 Å². The van der Waals surface area contributed by atoms with Gasteiger partial charge in [0.05, 0.1) is 17.1 Å². The molecule has 6 nitrogen and oxygen atoms in total. The SMILES string of the molecule is CN(C(=O)c1cccc([N+](=O)[O-])c1)C1CCCCC1O. The van der Waals surface area contributed by atoms with Gasteiger partial charge in [0.2, 0.25) is 0 Å². The van der Waals surface area contributed by atoms with Crippen LogP contribution in [-0.2, 0) is 0 Å². The minimum Gasteiger partial charge on any atom is -0.391 e. The summed E-state index contributed by atoms with van der Waals surface area (Å²) in [4.78, 5) is 24.1. The fourth-order valence-electron chi connectivity index (χ4n) is 2.65. The Balaban J connectivity index is 2.17. The van der Waals surface area contributed by atoms with Gasteiger partial charge >= 0.3 is 0 Å². The van der Waals surface area contributed by atoms with E-state index in [-0.39, 0.29) is 23.2 Å². The number of non-ortho nitro benzene ring substituents is 1. The van der Waals surface area contributed by atoms with E-state index in [1.54, 1.807) is 13.1 Å². The molecule has 1 aromatic carbocycles. The van der Waals surface area contributed by atoms with Gasteiger partial charge in [-0.05, 0) is 18.9 Å². The number of rotatable bonds is 3. The van der Waals surface area contributed by atoms with Gasteiger partial charge in [-0.25, -0.2) is 0 Å². The molecular weight excluding hydrogens is 260 g/mol. The Bertz CT molecular complexity index is 518. The molecule has 1 aromatic rings. The fraction of sp³-hybridized carbons (Fsp3) is 0.500. The number of nitro benzene ring substituents is 1. The van der Waals surface area contributed by atoms with Gasteiger partial charge in [0.25, 0.3) is 11.6 Å². The maximum atomic E-state index is 12.4. The summed E-state index contributed by atoms with van der Waals surface area (Å²) in [5.41, 5.74) is 0.174. The van der Waals surface area contributed by atoms with Crippen LogP contribution in [0, 0.1) is 10.1 Å². The van der Waals surface area contributed by atoms with Crippen LogP contribution in [0.25, 0.3) is 0 Å². The molecule has 6 heteroatoms. The summed E-state index contributed by atoms with van der Waals surface area (Å²) in [5.74, 6) is -0.292. The molecule has 1 aliphatic carbocycles. The number of amides is 1. The van der Waals surface area contributed by atoms with E-state index >= 15 is 0 Å². The number of carbonyl (C=O) groups is 1. The number of hydrogen-bond acceptors (Lipinski definition) is 4. The zero-order chi connectivity index (χ0) is 14.7. The van der Waals surface area contributed by atoms with Gasteiger partial charge in [0.15, 0.2) is 0 Å². The number of carbonyl (C=O) groups excluding carboxylic acids is 1. The summed E-state index contributed by atoms with van der Waals surface area (Å²) in [6.07, 6.45) is 2.89. The first-order valence-electron chi connectivity index (χ1n) is 6.70. The molecule has 2 atom stereocenters. The molecule has 1 saturated carbocycles. The van der Waals surface area contributed by atoms with E-state index in [0.29, 0.717) is 6.42 Å². The van der Waals surface area contributed by atoms with Gasteiger partial charge in [-0.3, -0.25) is 14.9 Å². The summed E-state index contributed by atoms with van der Waals surface area (Å²) in [7, 11) is 1.64. The fourth-order valence-corrected chi connectivity index (χ4v) is 2.65. The predicted octanol–water partition coefficient (Wildman–Crippen LogP) is 1.97. The Hall–Kier alpha value is -1.95. The van der Waals surface area contributed by atoms with Crippen LogP contribution in [0.4, 0.5) is 5.69 Å². The molecular formula is C14H18N2O4. The topological polar surface area (TPSA) is 83.7 Å². The van der Waals surface area contributed by atoms with Crippen molar-refractivity contribution in [3.05, 3.63) is 39.9 Å². The van der Waals surface area contributed by atoms with Crippen molar-refractivity contribution in [3.63, 3.8) is 0 Å². The highest BCUT2D eigenvalue weighted by molar-refractivity contribution is 5.94. The van der Waals surface area contributed by atoms with E-state index < -0.39 is 11.0 Å². The van der Waals surface area contributed by atoms with Crippen molar-refractivity contribution in [2.24, 2.45) is 0 Å². The van der Waals surface area contributed by atoms with Crippen LogP contribution in [0.2, 0.25) is 0 Å². The second-order valence-corrected chi connectivity index (χ2v) is 5.14. The molecule has 0 radical (unpaired) electrons. The molecule has 0 spiro atoms. The average Bonchev–Trinajstić information content (AvgIpc) is 2.46. The quantitative estimate of drug-likeness (QED) is 0.676. The smallest absolute Gasteiger partial charge is 0.270 e. The monoisotopic (exact) mass is 278 g/mol. The summed E-state index contributed by atoms with van der Waals surface area (Å²) >= 11 is 0. The standard InChI is InChI=1S/C14H18N2O4/c1-15(12-7-2-3-8-13(12)17)14(18)10-5-4-6-11(9-10)16(19)20/h4-6,9,12-13,17H,2-3,7-8H2,1H3. The first-order valence-corrected chi connectivity index (χ1v) is 6.70. The van der Waals surface area contributed by atoms with Crippen LogP contribution < -0.4 is 0 Å². The number of likely N-dealkylation sites (N-methyl/N-ethyl adjacent to an activating group) is 1. The first kappa shape index (κ1) is 14.5. The van der Waals surface area contributed by atoms with Crippen molar-refractivity contribution < 1.29 is 14.8 Å². The predicted molar refractivity (Wildman–Crippen MR) is 73.5 cm³/mol. The highest BCUT2D eigenvalue weighted by Gasteiger charge is 2.30. The number of aliphatic hydroxyl groups excluding tert-OH is 1. The molecule has 0 saturated heterocycles. The van der Waals surface area contributed by atoms with E-state index in [2.05, 4.69) is 0 Å². The molecule has 0 heterocycles. The lowest BCUT2D eigenvalue weighted by Crippen LogP contribution is -2.46. The third-order valence-corrected chi connectivity index (χ3v) is 3.82. The van der Waals surface area contributed by atoms with Gasteiger partial charge in [0, 0.05) is 24.7 Å². The van der Waals surface area contributed by atoms with E-state index in [0.717, 1.165) is 19.3 Å². The second kappa shape index (κ2) is 6.00. The highest BCUT2D eigenvalue weighted by atomic mass is 16.6. The molecule has 1 fully saturated rings. The van der Waals surface area contributed by atoms with Crippen LogP contribution in [0.1, 0.15) is 36.0 Å². The number of hydrogen-bond donors (Lipinski definition) is 1. The third kappa shape index (κ3) is 2.96. The second-order valence-electron chi connectivity index (χ2n) is 5.14. The molecule has 20 heavy (non-hydrogen) atoms. The van der Waals surface area contributed by atoms with E-state index in [4.69, 9.17) is 0 Å². The van der Waals surface area contributed by atoms with Crippen molar-refractivity contribution >= 4 is 11.6 Å². The lowest BCUT2D eigenvalue weighted by atomic mass is 9.91. The largest absolute Gasteiger partial charge is 0.391 e. The molecule has 0 aromatic heterocycles. The normalized spacial score (nSPS) is 22.3. The van der Waals surface area contributed by atoms with Crippen molar-refractivity contribution in [1.29, 1.82) is 0 Å². The van der Waals surface area contributed by atoms with Crippen LogP contribution >= 0.6 is 0 Å². The summed E-state index contributed by atoms with van der Waals surface area (Å²) in [6, 6.07) is 5.47. The van der Waals surface area contributed by atoms with Crippen LogP contribution in [0.3, 0.4) is 0 Å².